The number of hydrogen-bond donors (Lipinski definition) is 0. The van der Waals surface area contributed by atoms with Gasteiger partial charge in [0.05, 0.1) is 12.2 Å². The quantitative estimate of drug-likeness (QED) is 0.730. The zero-order valence-corrected chi connectivity index (χ0v) is 17.1. The molecule has 1 aromatic carbocycles. The summed E-state index contributed by atoms with van der Waals surface area (Å²) >= 11 is 0. The SMILES string of the molecule is CC1CCN(C(=O)CN2CCC(N3CC(=O)N(c4ccccc4)C3=O)CC2)CC1. The van der Waals surface area contributed by atoms with Gasteiger partial charge < -0.3 is 9.80 Å². The number of para-hydroxylation sites is 1. The number of carbonyl (C=O) groups is 3. The molecule has 0 radical (unpaired) electrons. The third-order valence-electron chi connectivity index (χ3n) is 6.50. The van der Waals surface area contributed by atoms with Crippen LogP contribution in [-0.2, 0) is 9.59 Å². The van der Waals surface area contributed by atoms with Gasteiger partial charge in [0, 0.05) is 32.2 Å². The molecule has 4 amide bonds. The van der Waals surface area contributed by atoms with Crippen LogP contribution in [0.15, 0.2) is 30.3 Å². The van der Waals surface area contributed by atoms with Gasteiger partial charge in [-0.15, -0.1) is 0 Å². The number of amides is 4. The molecule has 7 heteroatoms. The minimum Gasteiger partial charge on any atom is -0.342 e. The summed E-state index contributed by atoms with van der Waals surface area (Å²) < 4.78 is 0. The van der Waals surface area contributed by atoms with Crippen LogP contribution < -0.4 is 4.90 Å². The average Bonchev–Trinajstić information content (AvgIpc) is 3.03. The van der Waals surface area contributed by atoms with E-state index < -0.39 is 0 Å². The van der Waals surface area contributed by atoms with Crippen LogP contribution in [0.5, 0.6) is 0 Å². The van der Waals surface area contributed by atoms with Crippen molar-refractivity contribution in [3.8, 4) is 0 Å². The first-order valence-electron chi connectivity index (χ1n) is 10.7. The Bertz CT molecular complexity index is 753. The Labute approximate surface area is 172 Å². The zero-order valence-electron chi connectivity index (χ0n) is 17.1. The minimum atomic E-state index is -0.224. The number of anilines is 1. The summed E-state index contributed by atoms with van der Waals surface area (Å²) in [6.07, 6.45) is 3.78. The summed E-state index contributed by atoms with van der Waals surface area (Å²) in [5.74, 6) is 0.766. The Morgan fingerprint density at radius 3 is 2.28 bits per heavy atom. The normalized spacial score (nSPS) is 22.6. The first kappa shape index (κ1) is 19.9. The predicted octanol–water partition coefficient (Wildman–Crippen LogP) is 2.18. The number of urea groups is 1. The summed E-state index contributed by atoms with van der Waals surface area (Å²) in [5, 5.41) is 0. The average molecular weight is 399 g/mol. The standard InChI is InChI=1S/C22H30N4O3/c1-17-7-13-24(14-8-17)20(27)15-23-11-9-18(10-12-23)25-16-21(28)26(22(25)29)19-5-3-2-4-6-19/h2-6,17-18H,7-16H2,1H3. The molecule has 4 rings (SSSR count). The van der Waals surface area contributed by atoms with Crippen LogP contribution >= 0.6 is 0 Å². The maximum atomic E-state index is 12.9. The van der Waals surface area contributed by atoms with Gasteiger partial charge in [0.2, 0.25) is 5.91 Å². The van der Waals surface area contributed by atoms with E-state index in [0.29, 0.717) is 18.2 Å². The number of piperidine rings is 2. The van der Waals surface area contributed by atoms with Crippen molar-refractivity contribution in [1.29, 1.82) is 0 Å². The van der Waals surface area contributed by atoms with Gasteiger partial charge in [0.25, 0.3) is 5.91 Å². The Hall–Kier alpha value is -2.41. The van der Waals surface area contributed by atoms with Crippen LogP contribution in [0.4, 0.5) is 10.5 Å². The van der Waals surface area contributed by atoms with Gasteiger partial charge in [-0.2, -0.15) is 0 Å². The van der Waals surface area contributed by atoms with Gasteiger partial charge in [0.1, 0.15) is 6.54 Å². The molecule has 0 unspecified atom stereocenters. The summed E-state index contributed by atoms with van der Waals surface area (Å²) in [7, 11) is 0. The Morgan fingerprint density at radius 2 is 1.62 bits per heavy atom. The second kappa shape index (κ2) is 8.53. The molecule has 29 heavy (non-hydrogen) atoms. The van der Waals surface area contributed by atoms with Gasteiger partial charge in [0.15, 0.2) is 0 Å². The fourth-order valence-corrected chi connectivity index (χ4v) is 4.57. The van der Waals surface area contributed by atoms with Crippen molar-refractivity contribution >= 4 is 23.5 Å². The third-order valence-corrected chi connectivity index (χ3v) is 6.50. The van der Waals surface area contributed by atoms with Crippen molar-refractivity contribution in [2.24, 2.45) is 5.92 Å². The molecule has 3 heterocycles. The molecule has 3 saturated heterocycles. The molecule has 0 spiro atoms. The molecular weight excluding hydrogens is 368 g/mol. The molecule has 7 nitrogen and oxygen atoms in total. The minimum absolute atomic E-state index is 0.0577. The molecule has 3 aliphatic rings. The van der Waals surface area contributed by atoms with Crippen LogP contribution in [0.3, 0.4) is 0 Å². The molecular formula is C22H30N4O3. The highest BCUT2D eigenvalue weighted by molar-refractivity contribution is 6.19. The number of imide groups is 1. The lowest BCUT2D eigenvalue weighted by atomic mass is 9.99. The molecule has 0 saturated carbocycles. The van der Waals surface area contributed by atoms with Crippen molar-refractivity contribution < 1.29 is 14.4 Å². The molecule has 0 atom stereocenters. The van der Waals surface area contributed by atoms with Crippen molar-refractivity contribution in [3.63, 3.8) is 0 Å². The van der Waals surface area contributed by atoms with Gasteiger partial charge >= 0.3 is 6.03 Å². The topological polar surface area (TPSA) is 64.2 Å². The first-order valence-corrected chi connectivity index (χ1v) is 10.7. The van der Waals surface area contributed by atoms with Gasteiger partial charge in [-0.1, -0.05) is 25.1 Å². The Kier molecular flexibility index (Phi) is 5.85. The van der Waals surface area contributed by atoms with Crippen LogP contribution in [0.1, 0.15) is 32.6 Å². The number of rotatable bonds is 4. The van der Waals surface area contributed by atoms with E-state index in [9.17, 15) is 14.4 Å². The van der Waals surface area contributed by atoms with Crippen molar-refractivity contribution in [1.82, 2.24) is 14.7 Å². The van der Waals surface area contributed by atoms with E-state index >= 15 is 0 Å². The van der Waals surface area contributed by atoms with Gasteiger partial charge in [-0.05, 0) is 43.7 Å². The van der Waals surface area contributed by atoms with Crippen LogP contribution in [0.2, 0.25) is 0 Å². The fourth-order valence-electron chi connectivity index (χ4n) is 4.57. The van der Waals surface area contributed by atoms with E-state index in [1.165, 1.54) is 4.90 Å². The van der Waals surface area contributed by atoms with E-state index in [1.807, 2.05) is 23.1 Å². The molecule has 3 aliphatic heterocycles. The summed E-state index contributed by atoms with van der Waals surface area (Å²) in [6.45, 7) is 6.16. The van der Waals surface area contributed by atoms with E-state index in [1.54, 1.807) is 17.0 Å². The highest BCUT2D eigenvalue weighted by Crippen LogP contribution is 2.26. The van der Waals surface area contributed by atoms with Crippen molar-refractivity contribution in [3.05, 3.63) is 30.3 Å². The molecule has 0 bridgehead atoms. The lowest BCUT2D eigenvalue weighted by molar-refractivity contribution is -0.134. The monoisotopic (exact) mass is 398 g/mol. The second-order valence-electron chi connectivity index (χ2n) is 8.55. The molecule has 0 aromatic heterocycles. The Morgan fingerprint density at radius 1 is 0.966 bits per heavy atom. The van der Waals surface area contributed by atoms with Crippen molar-refractivity contribution in [2.45, 2.75) is 38.6 Å². The molecule has 3 fully saturated rings. The van der Waals surface area contributed by atoms with E-state index in [0.717, 1.165) is 51.9 Å². The van der Waals surface area contributed by atoms with Crippen LogP contribution in [0, 0.1) is 5.92 Å². The third kappa shape index (κ3) is 4.29. The van der Waals surface area contributed by atoms with E-state index in [2.05, 4.69) is 11.8 Å². The smallest absolute Gasteiger partial charge is 0.332 e. The number of nitrogens with zero attached hydrogens (tertiary/aromatic N) is 4. The maximum Gasteiger partial charge on any atom is 0.332 e. The molecule has 0 aliphatic carbocycles. The van der Waals surface area contributed by atoms with Crippen molar-refractivity contribution in [2.75, 3.05) is 44.2 Å². The van der Waals surface area contributed by atoms with E-state index in [-0.39, 0.29) is 30.4 Å². The number of hydrogen-bond acceptors (Lipinski definition) is 4. The van der Waals surface area contributed by atoms with Gasteiger partial charge in [-0.25, -0.2) is 9.69 Å². The summed E-state index contributed by atoms with van der Waals surface area (Å²) in [5.41, 5.74) is 0.629. The first-order chi connectivity index (χ1) is 14.0. The molecule has 156 valence electrons. The van der Waals surface area contributed by atoms with E-state index in [4.69, 9.17) is 0 Å². The number of carbonyl (C=O) groups excluding carboxylic acids is 3. The lowest BCUT2D eigenvalue weighted by Gasteiger charge is -2.37. The van der Waals surface area contributed by atoms with Crippen LogP contribution in [-0.4, -0.2) is 77.9 Å². The number of likely N-dealkylation sites (tertiary alicyclic amines) is 2. The van der Waals surface area contributed by atoms with Gasteiger partial charge in [-0.3, -0.25) is 14.5 Å². The summed E-state index contributed by atoms with van der Waals surface area (Å²) in [6, 6.07) is 8.94. The highest BCUT2D eigenvalue weighted by Gasteiger charge is 2.41. The van der Waals surface area contributed by atoms with Crippen LogP contribution in [0.25, 0.3) is 0 Å². The lowest BCUT2D eigenvalue weighted by Crippen LogP contribution is -2.50. The largest absolute Gasteiger partial charge is 0.342 e. The molecule has 0 N–H and O–H groups in total. The highest BCUT2D eigenvalue weighted by atomic mass is 16.2. The fraction of sp³-hybridized carbons (Fsp3) is 0.591. The maximum absolute atomic E-state index is 12.9. The number of benzene rings is 1. The summed E-state index contributed by atoms with van der Waals surface area (Å²) in [4.78, 5) is 45.1. The second-order valence-corrected chi connectivity index (χ2v) is 8.55. The zero-order chi connectivity index (χ0) is 20.4. The Balaban J connectivity index is 1.29. The predicted molar refractivity (Wildman–Crippen MR) is 110 cm³/mol. The molecule has 1 aromatic rings.